The molecule has 1 heterocycles. The Kier molecular flexibility index (Phi) is 7.42. The third kappa shape index (κ3) is 6.65. The Bertz CT molecular complexity index is 1270. The number of amides is 3. The topological polar surface area (TPSA) is 135 Å². The van der Waals surface area contributed by atoms with Crippen LogP contribution in [0.15, 0.2) is 87.9 Å². The maximum Gasteiger partial charge on any atom is 0.347 e. The number of hydrogen-bond donors (Lipinski definition) is 3. The van der Waals surface area contributed by atoms with E-state index >= 15 is 0 Å². The number of benzene rings is 2. The van der Waals surface area contributed by atoms with Gasteiger partial charge in [0.05, 0.1) is 11.2 Å². The van der Waals surface area contributed by atoms with E-state index in [2.05, 4.69) is 5.43 Å². The Hall–Kier alpha value is -4.18. The Balaban J connectivity index is 1.67. The normalized spacial score (nSPS) is 11.5. The van der Waals surface area contributed by atoms with Crippen LogP contribution in [0.25, 0.3) is 6.08 Å². The van der Waals surface area contributed by atoms with Crippen LogP contribution in [0.3, 0.4) is 0 Å². The van der Waals surface area contributed by atoms with Crippen molar-refractivity contribution in [3.8, 4) is 0 Å². The zero-order chi connectivity index (χ0) is 23.8. The molecule has 0 unspecified atom stereocenters. The van der Waals surface area contributed by atoms with Crippen molar-refractivity contribution in [2.45, 2.75) is 18.2 Å². The van der Waals surface area contributed by atoms with Crippen LogP contribution >= 0.6 is 0 Å². The molecule has 0 aliphatic rings. The molecule has 10 heteroatoms. The van der Waals surface area contributed by atoms with E-state index in [9.17, 15) is 22.8 Å². The first-order chi connectivity index (χ1) is 15.7. The lowest BCUT2D eigenvalue weighted by Gasteiger charge is -2.11. The molecule has 3 rings (SSSR count). The van der Waals surface area contributed by atoms with Crippen LogP contribution < -0.4 is 15.6 Å². The molecule has 0 saturated carbocycles. The number of rotatable bonds is 7. The fourth-order valence-corrected chi connectivity index (χ4v) is 3.67. The van der Waals surface area contributed by atoms with Gasteiger partial charge >= 0.3 is 6.03 Å². The lowest BCUT2D eigenvalue weighted by molar-refractivity contribution is -0.118. The van der Waals surface area contributed by atoms with Crippen molar-refractivity contribution < 1.29 is 27.2 Å². The first-order valence-corrected chi connectivity index (χ1v) is 11.2. The van der Waals surface area contributed by atoms with Crippen LogP contribution in [0, 0.1) is 6.92 Å². The number of urea groups is 1. The van der Waals surface area contributed by atoms with E-state index in [1.165, 1.54) is 24.5 Å². The summed E-state index contributed by atoms with van der Waals surface area (Å²) < 4.78 is 31.6. The van der Waals surface area contributed by atoms with E-state index in [0.717, 1.165) is 5.56 Å². The third-order valence-electron chi connectivity index (χ3n) is 4.45. The van der Waals surface area contributed by atoms with Crippen LogP contribution in [-0.4, -0.2) is 26.1 Å². The number of carbonyl (C=O) groups excluding carboxylic acids is 3. The summed E-state index contributed by atoms with van der Waals surface area (Å²) in [7, 11) is -4.14. The quantitative estimate of drug-likeness (QED) is 0.278. The molecule has 3 N–H and O–H groups in total. The van der Waals surface area contributed by atoms with E-state index in [-0.39, 0.29) is 22.7 Å². The molecule has 0 fully saturated rings. The molecule has 0 spiro atoms. The number of nitrogens with one attached hydrogen (secondary N) is 3. The molecule has 170 valence electrons. The minimum absolute atomic E-state index is 0.000458. The van der Waals surface area contributed by atoms with Gasteiger partial charge in [-0.1, -0.05) is 48.0 Å². The van der Waals surface area contributed by atoms with Crippen molar-refractivity contribution in [3.63, 3.8) is 0 Å². The number of hydrogen-bond acceptors (Lipinski definition) is 6. The highest BCUT2D eigenvalue weighted by Gasteiger charge is 2.20. The van der Waals surface area contributed by atoms with Gasteiger partial charge in [-0.05, 0) is 37.3 Å². The maximum absolute atomic E-state index is 12.6. The fraction of sp³-hybridized carbons (Fsp3) is 0.0870. The highest BCUT2D eigenvalue weighted by Crippen LogP contribution is 2.15. The molecule has 2 aromatic carbocycles. The lowest BCUT2D eigenvalue weighted by atomic mass is 10.0. The predicted molar refractivity (Wildman–Crippen MR) is 120 cm³/mol. The maximum atomic E-state index is 12.6. The minimum Gasteiger partial charge on any atom is -0.465 e. The summed E-state index contributed by atoms with van der Waals surface area (Å²) in [4.78, 5) is 37.2. The SMILES string of the molecule is Cc1ccc(S(=O)(=O)NC(=O)NNC(=O)/C(=C/c2ccco2)CC(=O)c2ccccc2)cc1. The molecule has 0 aliphatic heterocycles. The molecule has 0 bridgehead atoms. The Morgan fingerprint density at radius 2 is 1.61 bits per heavy atom. The number of aryl methyl sites for hydroxylation is 1. The number of sulfonamides is 1. The first kappa shape index (κ1) is 23.5. The van der Waals surface area contributed by atoms with Crippen LogP contribution in [0.4, 0.5) is 4.79 Å². The minimum atomic E-state index is -4.14. The van der Waals surface area contributed by atoms with Gasteiger partial charge in [-0.3, -0.25) is 15.0 Å². The first-order valence-electron chi connectivity index (χ1n) is 9.77. The highest BCUT2D eigenvalue weighted by atomic mass is 32.2. The lowest BCUT2D eigenvalue weighted by Crippen LogP contribution is -2.49. The van der Waals surface area contributed by atoms with Gasteiger partial charge in [-0.15, -0.1) is 0 Å². The zero-order valence-electron chi connectivity index (χ0n) is 17.6. The summed E-state index contributed by atoms with van der Waals surface area (Å²) in [5, 5.41) is 0. The van der Waals surface area contributed by atoms with E-state index in [4.69, 9.17) is 4.42 Å². The number of furan rings is 1. The van der Waals surface area contributed by atoms with Gasteiger partial charge in [0.15, 0.2) is 5.78 Å². The molecular formula is C23H21N3O6S. The molecule has 9 nitrogen and oxygen atoms in total. The molecule has 0 atom stereocenters. The molecule has 0 radical (unpaired) electrons. The zero-order valence-corrected chi connectivity index (χ0v) is 18.4. The van der Waals surface area contributed by atoms with Gasteiger partial charge in [0.2, 0.25) is 0 Å². The second-order valence-corrected chi connectivity index (χ2v) is 8.66. The second-order valence-electron chi connectivity index (χ2n) is 6.98. The van der Waals surface area contributed by atoms with Crippen LogP contribution in [0.2, 0.25) is 0 Å². The fourth-order valence-electron chi connectivity index (χ4n) is 2.76. The van der Waals surface area contributed by atoms with Crippen molar-refractivity contribution in [1.29, 1.82) is 0 Å². The summed E-state index contributed by atoms with van der Waals surface area (Å²) in [5.74, 6) is -0.805. The van der Waals surface area contributed by atoms with Crippen molar-refractivity contribution in [2.75, 3.05) is 0 Å². The van der Waals surface area contributed by atoms with E-state index in [1.54, 1.807) is 66.2 Å². The monoisotopic (exact) mass is 467 g/mol. The van der Waals surface area contributed by atoms with Crippen LogP contribution in [0.1, 0.15) is 28.1 Å². The average Bonchev–Trinajstić information content (AvgIpc) is 3.31. The summed E-state index contributed by atoms with van der Waals surface area (Å²) in [6.45, 7) is 1.79. The van der Waals surface area contributed by atoms with Crippen LogP contribution in [0.5, 0.6) is 0 Å². The summed E-state index contributed by atoms with van der Waals surface area (Å²) in [6, 6.07) is 16.3. The van der Waals surface area contributed by atoms with Crippen molar-refractivity contribution in [2.24, 2.45) is 0 Å². The van der Waals surface area contributed by atoms with Crippen molar-refractivity contribution >= 4 is 33.8 Å². The molecule has 3 aromatic rings. The smallest absolute Gasteiger partial charge is 0.347 e. The molecule has 0 aliphatic carbocycles. The Morgan fingerprint density at radius 1 is 0.909 bits per heavy atom. The van der Waals surface area contributed by atoms with Gasteiger partial charge < -0.3 is 4.42 Å². The molecule has 0 saturated heterocycles. The molecule has 1 aromatic heterocycles. The number of carbonyl (C=O) groups is 3. The van der Waals surface area contributed by atoms with E-state index in [0.29, 0.717) is 11.3 Å². The predicted octanol–water partition coefficient (Wildman–Crippen LogP) is 2.96. The highest BCUT2D eigenvalue weighted by molar-refractivity contribution is 7.90. The molecular weight excluding hydrogens is 446 g/mol. The van der Waals surface area contributed by atoms with Gasteiger partial charge in [0.1, 0.15) is 5.76 Å². The van der Waals surface area contributed by atoms with E-state index in [1.807, 2.05) is 5.43 Å². The van der Waals surface area contributed by atoms with Gasteiger partial charge in [0, 0.05) is 17.6 Å². The molecule has 33 heavy (non-hydrogen) atoms. The Morgan fingerprint density at radius 3 is 2.24 bits per heavy atom. The number of hydrazine groups is 1. The molecule has 3 amide bonds. The second kappa shape index (κ2) is 10.4. The van der Waals surface area contributed by atoms with E-state index < -0.39 is 22.0 Å². The summed E-state index contributed by atoms with van der Waals surface area (Å²) in [6.07, 6.45) is 2.49. The third-order valence-corrected chi connectivity index (χ3v) is 5.79. The standard InChI is InChI=1S/C23H21N3O6S/c1-16-9-11-20(12-10-16)33(30,31)26-23(29)25-24-22(28)18(14-19-8-5-13-32-19)15-21(27)17-6-3-2-4-7-17/h2-14H,15H2,1H3,(H,24,28)(H2,25,26,29)/b18-14+. The van der Waals surface area contributed by atoms with Crippen LogP contribution in [-0.2, 0) is 14.8 Å². The summed E-state index contributed by atoms with van der Waals surface area (Å²) in [5.41, 5.74) is 5.35. The van der Waals surface area contributed by atoms with Crippen molar-refractivity contribution in [1.82, 2.24) is 15.6 Å². The average molecular weight is 468 g/mol. The van der Waals surface area contributed by atoms with Gasteiger partial charge in [0.25, 0.3) is 15.9 Å². The Labute approximate surface area is 190 Å². The largest absolute Gasteiger partial charge is 0.465 e. The van der Waals surface area contributed by atoms with Gasteiger partial charge in [-0.2, -0.15) is 0 Å². The number of ketones is 1. The number of Topliss-reactive ketones (excluding diaryl/α,β-unsaturated/α-hetero) is 1. The van der Waals surface area contributed by atoms with Crippen molar-refractivity contribution in [3.05, 3.63) is 95.5 Å². The van der Waals surface area contributed by atoms with Gasteiger partial charge in [-0.25, -0.2) is 23.4 Å². The summed E-state index contributed by atoms with van der Waals surface area (Å²) >= 11 is 0.